The van der Waals surface area contributed by atoms with Crippen LogP contribution in [-0.4, -0.2) is 14.1 Å². The van der Waals surface area contributed by atoms with E-state index in [2.05, 4.69) is 57.2 Å². The molecular weight excluding hydrogens is 539 g/mol. The Labute approximate surface area is 243 Å². The third-order valence-corrected chi connectivity index (χ3v) is 9.41. The van der Waals surface area contributed by atoms with Crippen LogP contribution in [0.2, 0.25) is 0 Å². The lowest BCUT2D eigenvalue weighted by molar-refractivity contribution is 0.590. The van der Waals surface area contributed by atoms with E-state index in [9.17, 15) is 4.79 Å². The second-order valence-corrected chi connectivity index (χ2v) is 13.5. The number of para-hydroxylation sites is 1. The van der Waals surface area contributed by atoms with Crippen molar-refractivity contribution in [1.82, 2.24) is 14.1 Å². The fraction of sp³-hybridized carbons (Fsp3) is 0.281. The van der Waals surface area contributed by atoms with E-state index in [4.69, 9.17) is 17.2 Å². The minimum atomic E-state index is -0.0578. The van der Waals surface area contributed by atoms with Gasteiger partial charge in [0.2, 0.25) is 0 Å². The number of thiazole rings is 1. The van der Waals surface area contributed by atoms with Crippen molar-refractivity contribution in [3.05, 3.63) is 115 Å². The van der Waals surface area contributed by atoms with Gasteiger partial charge in [-0.15, -0.1) is 0 Å². The summed E-state index contributed by atoms with van der Waals surface area (Å²) in [6, 6.07) is 25.2. The van der Waals surface area contributed by atoms with E-state index in [1.165, 1.54) is 28.0 Å². The van der Waals surface area contributed by atoms with Crippen molar-refractivity contribution < 1.29 is 0 Å². The topological polar surface area (TPSA) is 39.8 Å². The summed E-state index contributed by atoms with van der Waals surface area (Å²) >= 11 is 8.71. The van der Waals surface area contributed by atoms with Gasteiger partial charge in [-0.2, -0.15) is 0 Å². The van der Waals surface area contributed by atoms with Gasteiger partial charge < -0.3 is 4.57 Å². The molecule has 0 aliphatic carbocycles. The van der Waals surface area contributed by atoms with Crippen molar-refractivity contribution in [3.8, 4) is 5.69 Å². The highest BCUT2D eigenvalue weighted by Gasteiger charge is 2.21. The van der Waals surface area contributed by atoms with Crippen molar-refractivity contribution in [3.63, 3.8) is 0 Å². The fourth-order valence-electron chi connectivity index (χ4n) is 4.76. The van der Waals surface area contributed by atoms with Crippen LogP contribution in [-0.2, 0) is 24.1 Å². The lowest BCUT2D eigenvalue weighted by Gasteiger charge is -2.19. The Kier molecular flexibility index (Phi) is 7.94. The van der Waals surface area contributed by atoms with Gasteiger partial charge in [-0.1, -0.05) is 117 Å². The maximum absolute atomic E-state index is 14.1. The minimum Gasteiger partial charge on any atom is -0.307 e. The van der Waals surface area contributed by atoms with Crippen LogP contribution >= 0.6 is 35.3 Å². The van der Waals surface area contributed by atoms with Crippen LogP contribution in [0.3, 0.4) is 0 Å². The van der Waals surface area contributed by atoms with Gasteiger partial charge in [0.15, 0.2) is 14.8 Å². The van der Waals surface area contributed by atoms with E-state index in [1.807, 2.05) is 54.8 Å². The van der Waals surface area contributed by atoms with Crippen LogP contribution in [0.4, 0.5) is 0 Å². The molecule has 3 aromatic carbocycles. The zero-order chi connectivity index (χ0) is 27.7. The molecule has 0 aliphatic rings. The lowest BCUT2D eigenvalue weighted by Crippen LogP contribution is -2.23. The molecule has 7 heteroatoms. The summed E-state index contributed by atoms with van der Waals surface area (Å²) in [7, 11) is 0. The average molecular weight is 572 g/mol. The van der Waals surface area contributed by atoms with E-state index in [-0.39, 0.29) is 11.0 Å². The van der Waals surface area contributed by atoms with Crippen LogP contribution in [0.25, 0.3) is 16.0 Å². The molecule has 39 heavy (non-hydrogen) atoms. The molecule has 5 rings (SSSR count). The van der Waals surface area contributed by atoms with Crippen molar-refractivity contribution >= 4 is 45.7 Å². The predicted molar refractivity (Wildman–Crippen MR) is 168 cm³/mol. The molecule has 5 aromatic rings. The van der Waals surface area contributed by atoms with Crippen LogP contribution in [0.5, 0.6) is 0 Å². The summed E-state index contributed by atoms with van der Waals surface area (Å²) in [5.74, 6) is 0.710. The first-order valence-corrected chi connectivity index (χ1v) is 15.3. The Balaban J connectivity index is 1.60. The molecular formula is C32H33N3OS3. The number of nitrogens with zero attached hydrogens (tertiary/aromatic N) is 3. The van der Waals surface area contributed by atoms with Gasteiger partial charge in [0.25, 0.3) is 5.56 Å². The maximum atomic E-state index is 14.1. The molecule has 0 spiro atoms. The molecule has 2 aromatic heterocycles. The molecule has 0 N–H and O–H groups in total. The molecule has 0 atom stereocenters. The third kappa shape index (κ3) is 5.81. The normalized spacial score (nSPS) is 11.8. The quantitative estimate of drug-likeness (QED) is 0.112. The van der Waals surface area contributed by atoms with Crippen LogP contribution < -0.4 is 5.56 Å². The molecule has 0 amide bonds. The molecule has 0 unspecified atom stereocenters. The number of thioether (sulfide) groups is 1. The highest BCUT2D eigenvalue weighted by atomic mass is 32.2. The van der Waals surface area contributed by atoms with E-state index >= 15 is 0 Å². The number of aromatic nitrogens is 3. The molecule has 0 bridgehead atoms. The second-order valence-electron chi connectivity index (χ2n) is 10.9. The Morgan fingerprint density at radius 2 is 1.56 bits per heavy atom. The lowest BCUT2D eigenvalue weighted by atomic mass is 9.87. The molecule has 0 fully saturated rings. The van der Waals surface area contributed by atoms with Gasteiger partial charge in [-0.3, -0.25) is 9.36 Å². The van der Waals surface area contributed by atoms with Crippen molar-refractivity contribution in [2.24, 2.45) is 0 Å². The number of aryl methyl sites for hydroxylation is 4. The maximum Gasteiger partial charge on any atom is 0.278 e. The van der Waals surface area contributed by atoms with E-state index in [0.717, 1.165) is 23.2 Å². The van der Waals surface area contributed by atoms with Gasteiger partial charge in [0.1, 0.15) is 4.70 Å². The summed E-state index contributed by atoms with van der Waals surface area (Å²) in [6.45, 7) is 11.4. The monoisotopic (exact) mass is 571 g/mol. The van der Waals surface area contributed by atoms with Gasteiger partial charge >= 0.3 is 0 Å². The zero-order valence-corrected chi connectivity index (χ0v) is 25.5. The van der Waals surface area contributed by atoms with Crippen molar-refractivity contribution in [1.29, 1.82) is 0 Å². The molecule has 2 heterocycles. The SMILES string of the molecule is Cc1cccc(C)c1-n1c(SCc2ccc(C(C)(C)C)cc2)nc2c(sc(=S)n2CCc2ccccc2)c1=O. The first-order chi connectivity index (χ1) is 18.6. The van der Waals surface area contributed by atoms with Crippen LogP contribution in [0.1, 0.15) is 48.6 Å². The Hall–Kier alpha value is -3.00. The summed E-state index contributed by atoms with van der Waals surface area (Å²) < 4.78 is 5.11. The van der Waals surface area contributed by atoms with Gasteiger partial charge in [0, 0.05) is 12.3 Å². The first kappa shape index (κ1) is 27.6. The Bertz CT molecular complexity index is 1720. The largest absolute Gasteiger partial charge is 0.307 e. The first-order valence-electron chi connectivity index (χ1n) is 13.1. The Morgan fingerprint density at radius 1 is 0.897 bits per heavy atom. The van der Waals surface area contributed by atoms with E-state index < -0.39 is 0 Å². The van der Waals surface area contributed by atoms with Crippen LogP contribution in [0.15, 0.2) is 82.7 Å². The second kappa shape index (κ2) is 11.2. The van der Waals surface area contributed by atoms with Crippen molar-refractivity contribution in [2.45, 2.75) is 63.9 Å². The number of hydrogen-bond donors (Lipinski definition) is 0. The third-order valence-electron chi connectivity index (χ3n) is 6.98. The van der Waals surface area contributed by atoms with E-state index in [1.54, 1.807) is 16.3 Å². The van der Waals surface area contributed by atoms with Crippen molar-refractivity contribution in [2.75, 3.05) is 0 Å². The summed E-state index contributed by atoms with van der Waals surface area (Å²) in [5.41, 5.74) is 7.45. The average Bonchev–Trinajstić information content (AvgIpc) is 3.23. The molecule has 0 saturated carbocycles. The van der Waals surface area contributed by atoms with Gasteiger partial charge in [0.05, 0.1) is 5.69 Å². The smallest absolute Gasteiger partial charge is 0.278 e. The number of benzene rings is 3. The van der Waals surface area contributed by atoms with Crippen LogP contribution in [0, 0.1) is 17.8 Å². The minimum absolute atomic E-state index is 0.0578. The summed E-state index contributed by atoms with van der Waals surface area (Å²) in [4.78, 5) is 19.3. The number of rotatable bonds is 7. The predicted octanol–water partition coefficient (Wildman–Crippen LogP) is 8.43. The number of hydrogen-bond acceptors (Lipinski definition) is 5. The number of fused-ring (bicyclic) bond motifs is 1. The molecule has 4 nitrogen and oxygen atoms in total. The van der Waals surface area contributed by atoms with Gasteiger partial charge in [-0.05, 0) is 65.7 Å². The molecule has 200 valence electrons. The Morgan fingerprint density at radius 3 is 2.21 bits per heavy atom. The standard InChI is InChI=1S/C32H33N3OS3/c1-21-10-9-11-22(2)26(21)35-29(36)27-28(34(31(37)39-27)19-18-23-12-7-6-8-13-23)33-30(35)38-20-24-14-16-25(17-15-24)32(3,4)5/h6-17H,18-20H2,1-5H3. The highest BCUT2D eigenvalue weighted by Crippen LogP contribution is 2.30. The molecule has 0 aliphatic heterocycles. The zero-order valence-electron chi connectivity index (χ0n) is 23.0. The highest BCUT2D eigenvalue weighted by molar-refractivity contribution is 7.98. The summed E-state index contributed by atoms with van der Waals surface area (Å²) in [6.07, 6.45) is 0.825. The molecule has 0 saturated heterocycles. The van der Waals surface area contributed by atoms with Gasteiger partial charge in [-0.25, -0.2) is 4.98 Å². The fourth-order valence-corrected chi connectivity index (χ4v) is 7.02. The molecule has 0 radical (unpaired) electrons. The summed E-state index contributed by atoms with van der Waals surface area (Å²) in [5, 5.41) is 0.686. The van der Waals surface area contributed by atoms with E-state index in [0.29, 0.717) is 31.8 Å².